The highest BCUT2D eigenvalue weighted by Crippen LogP contribution is 2.34. The molecule has 0 saturated carbocycles. The monoisotopic (exact) mass is 429 g/mol. The van der Waals surface area contributed by atoms with Gasteiger partial charge in [0.25, 0.3) is 0 Å². The average molecular weight is 430 g/mol. The van der Waals surface area contributed by atoms with Crippen molar-refractivity contribution in [3.63, 3.8) is 0 Å². The fourth-order valence-corrected chi connectivity index (χ4v) is 4.59. The van der Waals surface area contributed by atoms with Crippen LogP contribution >= 0.6 is 11.6 Å². The smallest absolute Gasteiger partial charge is 0.227 e. The molecule has 5 heteroatoms. The van der Waals surface area contributed by atoms with Crippen molar-refractivity contribution in [3.8, 4) is 0 Å². The van der Waals surface area contributed by atoms with E-state index in [0.29, 0.717) is 18.0 Å². The number of halogens is 1. The van der Waals surface area contributed by atoms with Gasteiger partial charge in [-0.15, -0.1) is 0 Å². The predicted molar refractivity (Wildman–Crippen MR) is 126 cm³/mol. The quantitative estimate of drug-likeness (QED) is 0.406. The summed E-state index contributed by atoms with van der Waals surface area (Å²) in [5.41, 5.74) is 6.75. The van der Waals surface area contributed by atoms with Crippen molar-refractivity contribution in [2.75, 3.05) is 11.4 Å². The number of amides is 1. The molecular weight excluding hydrogens is 406 g/mol. The number of hydrogen-bond acceptors (Lipinski definition) is 2. The van der Waals surface area contributed by atoms with Crippen LogP contribution in [0.3, 0.4) is 0 Å². The minimum Gasteiger partial charge on any atom is -0.323 e. The number of rotatable bonds is 4. The second-order valence-corrected chi connectivity index (χ2v) is 8.79. The topological polar surface area (TPSA) is 38.1 Å². The molecule has 1 fully saturated rings. The van der Waals surface area contributed by atoms with E-state index in [-0.39, 0.29) is 11.8 Å². The molecule has 0 N–H and O–H groups in total. The molecule has 156 valence electrons. The highest BCUT2D eigenvalue weighted by molar-refractivity contribution is 6.30. The molecular formula is C26H24ClN3O. The molecule has 3 aromatic carbocycles. The molecule has 4 aromatic rings. The molecule has 0 aliphatic carbocycles. The van der Waals surface area contributed by atoms with Gasteiger partial charge in [0, 0.05) is 36.1 Å². The fourth-order valence-electron chi connectivity index (χ4n) is 4.46. The van der Waals surface area contributed by atoms with Crippen molar-refractivity contribution in [2.45, 2.75) is 32.7 Å². The molecule has 1 aliphatic rings. The van der Waals surface area contributed by atoms with E-state index in [1.807, 2.05) is 47.4 Å². The van der Waals surface area contributed by atoms with Gasteiger partial charge >= 0.3 is 0 Å². The molecule has 1 amide bonds. The Morgan fingerprint density at radius 3 is 2.61 bits per heavy atom. The van der Waals surface area contributed by atoms with Crippen LogP contribution in [0.4, 0.5) is 5.69 Å². The van der Waals surface area contributed by atoms with Crippen molar-refractivity contribution in [1.29, 1.82) is 0 Å². The van der Waals surface area contributed by atoms with Gasteiger partial charge < -0.3 is 9.47 Å². The molecule has 31 heavy (non-hydrogen) atoms. The van der Waals surface area contributed by atoms with E-state index in [1.54, 1.807) is 0 Å². The Morgan fingerprint density at radius 1 is 1.03 bits per heavy atom. The molecule has 0 bridgehead atoms. The molecule has 1 atom stereocenters. The van der Waals surface area contributed by atoms with Crippen molar-refractivity contribution < 1.29 is 4.79 Å². The number of para-hydroxylation sites is 2. The zero-order valence-electron chi connectivity index (χ0n) is 17.7. The number of nitrogens with zero attached hydrogens (tertiary/aromatic N) is 3. The molecule has 1 aliphatic heterocycles. The minimum absolute atomic E-state index is 0.0423. The maximum absolute atomic E-state index is 12.9. The van der Waals surface area contributed by atoms with Gasteiger partial charge in [0.1, 0.15) is 5.82 Å². The minimum atomic E-state index is 0.0423. The molecule has 4 nitrogen and oxygen atoms in total. The number of fused-ring (bicyclic) bond motifs is 1. The molecule has 5 rings (SSSR count). The summed E-state index contributed by atoms with van der Waals surface area (Å²) in [5.74, 6) is 1.14. The van der Waals surface area contributed by atoms with Crippen LogP contribution in [-0.4, -0.2) is 22.0 Å². The summed E-state index contributed by atoms with van der Waals surface area (Å²) in [7, 11) is 0. The molecule has 1 aromatic heterocycles. The zero-order chi connectivity index (χ0) is 21.5. The number of imidazole rings is 1. The van der Waals surface area contributed by atoms with Crippen LogP contribution in [0, 0.1) is 13.8 Å². The maximum atomic E-state index is 12.9. The van der Waals surface area contributed by atoms with E-state index in [1.165, 1.54) is 16.7 Å². The number of aryl methyl sites for hydroxylation is 2. The third-order valence-electron chi connectivity index (χ3n) is 6.15. The average Bonchev–Trinajstić information content (AvgIpc) is 3.32. The SMILES string of the molecule is Cc1ccc(C)c(Cn2c([C@@H]3CC(=O)N(c4ccc(Cl)cc4)C3)nc3ccccc32)c1. The van der Waals surface area contributed by atoms with Crippen LogP contribution in [0.2, 0.25) is 5.02 Å². The van der Waals surface area contributed by atoms with E-state index >= 15 is 0 Å². The molecule has 0 spiro atoms. The Kier molecular flexibility index (Phi) is 5.03. The van der Waals surface area contributed by atoms with Gasteiger partial charge in [-0.3, -0.25) is 4.79 Å². The summed E-state index contributed by atoms with van der Waals surface area (Å²) < 4.78 is 2.29. The van der Waals surface area contributed by atoms with Gasteiger partial charge in [-0.25, -0.2) is 4.98 Å². The van der Waals surface area contributed by atoms with E-state index in [4.69, 9.17) is 16.6 Å². The Morgan fingerprint density at radius 2 is 1.81 bits per heavy atom. The third kappa shape index (κ3) is 3.72. The number of hydrogen-bond donors (Lipinski definition) is 0. The highest BCUT2D eigenvalue weighted by Gasteiger charge is 2.34. The van der Waals surface area contributed by atoms with E-state index in [2.05, 4.69) is 42.7 Å². The van der Waals surface area contributed by atoms with Gasteiger partial charge in [-0.05, 0) is 61.4 Å². The standard InChI is InChI=1S/C26H24ClN3O/c1-17-7-8-18(2)19(13-17)15-30-24-6-4-3-5-23(24)28-26(30)20-14-25(31)29(16-20)22-11-9-21(27)10-12-22/h3-13,20H,14-16H2,1-2H3/t20-/m1/s1. The molecule has 0 unspecified atom stereocenters. The molecule has 2 heterocycles. The highest BCUT2D eigenvalue weighted by atomic mass is 35.5. The molecule has 0 radical (unpaired) electrons. The van der Waals surface area contributed by atoms with Crippen molar-refractivity contribution in [3.05, 3.63) is 94.3 Å². The summed E-state index contributed by atoms with van der Waals surface area (Å²) in [4.78, 5) is 19.7. The molecule has 1 saturated heterocycles. The first-order valence-corrected chi connectivity index (χ1v) is 10.9. The summed E-state index contributed by atoms with van der Waals surface area (Å²) in [5, 5.41) is 0.669. The maximum Gasteiger partial charge on any atom is 0.227 e. The van der Waals surface area contributed by atoms with Crippen molar-refractivity contribution in [1.82, 2.24) is 9.55 Å². The number of carbonyl (C=O) groups is 1. The summed E-state index contributed by atoms with van der Waals surface area (Å²) in [6.45, 7) is 5.63. The lowest BCUT2D eigenvalue weighted by Gasteiger charge is -2.18. The van der Waals surface area contributed by atoms with Crippen LogP contribution in [-0.2, 0) is 11.3 Å². The Labute approximate surface area is 187 Å². The first-order valence-electron chi connectivity index (χ1n) is 10.6. The van der Waals surface area contributed by atoms with E-state index in [9.17, 15) is 4.79 Å². The number of carbonyl (C=O) groups excluding carboxylic acids is 1. The summed E-state index contributed by atoms with van der Waals surface area (Å²) in [6.07, 6.45) is 0.457. The lowest BCUT2D eigenvalue weighted by atomic mass is 10.0. The number of benzene rings is 3. The lowest BCUT2D eigenvalue weighted by Crippen LogP contribution is -2.24. The Bertz CT molecular complexity index is 1280. The van der Waals surface area contributed by atoms with Crippen LogP contribution in [0.5, 0.6) is 0 Å². The van der Waals surface area contributed by atoms with Gasteiger partial charge in [-0.1, -0.05) is 47.5 Å². The first kappa shape index (κ1) is 19.8. The normalized spacial score (nSPS) is 16.4. The Hall–Kier alpha value is -3.11. The Balaban J connectivity index is 1.54. The lowest BCUT2D eigenvalue weighted by molar-refractivity contribution is -0.117. The number of aromatic nitrogens is 2. The van der Waals surface area contributed by atoms with Gasteiger partial charge in [0.2, 0.25) is 5.91 Å². The van der Waals surface area contributed by atoms with Crippen LogP contribution in [0.25, 0.3) is 11.0 Å². The van der Waals surface area contributed by atoms with Gasteiger partial charge in [0.15, 0.2) is 0 Å². The summed E-state index contributed by atoms with van der Waals surface area (Å²) in [6, 6.07) is 22.2. The van der Waals surface area contributed by atoms with Crippen LogP contribution < -0.4 is 4.90 Å². The van der Waals surface area contributed by atoms with Crippen LogP contribution in [0.15, 0.2) is 66.7 Å². The van der Waals surface area contributed by atoms with Crippen LogP contribution in [0.1, 0.15) is 34.9 Å². The third-order valence-corrected chi connectivity index (χ3v) is 6.40. The largest absolute Gasteiger partial charge is 0.323 e. The van der Waals surface area contributed by atoms with Crippen molar-refractivity contribution >= 4 is 34.2 Å². The predicted octanol–water partition coefficient (Wildman–Crippen LogP) is 5.88. The van der Waals surface area contributed by atoms with Crippen molar-refractivity contribution in [2.24, 2.45) is 0 Å². The summed E-state index contributed by atoms with van der Waals surface area (Å²) >= 11 is 6.03. The van der Waals surface area contributed by atoms with Gasteiger partial charge in [-0.2, -0.15) is 0 Å². The fraction of sp³-hybridized carbons (Fsp3) is 0.231. The van der Waals surface area contributed by atoms with E-state index in [0.717, 1.165) is 29.1 Å². The van der Waals surface area contributed by atoms with E-state index < -0.39 is 0 Å². The number of anilines is 1. The second kappa shape index (κ2) is 7.86. The second-order valence-electron chi connectivity index (χ2n) is 8.36. The van der Waals surface area contributed by atoms with Gasteiger partial charge in [0.05, 0.1) is 11.0 Å². The zero-order valence-corrected chi connectivity index (χ0v) is 18.4. The first-order chi connectivity index (χ1) is 15.0.